The van der Waals surface area contributed by atoms with Crippen molar-refractivity contribution in [2.75, 3.05) is 0 Å². The third kappa shape index (κ3) is 3.71. The smallest absolute Gasteiger partial charge is 0.368 e. The summed E-state index contributed by atoms with van der Waals surface area (Å²) >= 11 is 1.46. The van der Waals surface area contributed by atoms with Gasteiger partial charge in [0.05, 0.1) is 11.4 Å². The van der Waals surface area contributed by atoms with Gasteiger partial charge >= 0.3 is 5.69 Å². The lowest BCUT2D eigenvalue weighted by atomic mass is 10.0. The number of aryl methyl sites for hydroxylation is 3. The molecule has 0 unspecified atom stereocenters. The summed E-state index contributed by atoms with van der Waals surface area (Å²) in [5.74, 6) is 0. The Labute approximate surface area is 172 Å². The van der Waals surface area contributed by atoms with Gasteiger partial charge in [0, 0.05) is 23.6 Å². The number of hydrogen-bond donors (Lipinski definition) is 0. The molecule has 0 atom stereocenters. The molecule has 7 nitrogen and oxygen atoms in total. The van der Waals surface area contributed by atoms with E-state index in [2.05, 4.69) is 41.4 Å². The maximum atomic E-state index is 12.3. The van der Waals surface area contributed by atoms with Crippen molar-refractivity contribution in [1.29, 1.82) is 0 Å². The van der Waals surface area contributed by atoms with Crippen LogP contribution < -0.4 is 10.4 Å². The zero-order chi connectivity index (χ0) is 20.4. The number of benzene rings is 2. The Morgan fingerprint density at radius 3 is 2.66 bits per heavy atom. The molecule has 148 valence electrons. The summed E-state index contributed by atoms with van der Waals surface area (Å²) in [6.45, 7) is 4.43. The summed E-state index contributed by atoms with van der Waals surface area (Å²) in [6.07, 6.45) is 0.813. The fraction of sp³-hybridized carbons (Fsp3) is 0.238. The summed E-state index contributed by atoms with van der Waals surface area (Å²) in [6, 6.07) is 13.9. The quantitative estimate of drug-likeness (QED) is 0.489. The zero-order valence-corrected chi connectivity index (χ0v) is 17.3. The van der Waals surface area contributed by atoms with Gasteiger partial charge in [0.25, 0.3) is 5.19 Å². The highest BCUT2D eigenvalue weighted by atomic mass is 32.1. The van der Waals surface area contributed by atoms with Crippen LogP contribution >= 0.6 is 11.3 Å². The van der Waals surface area contributed by atoms with Crippen molar-refractivity contribution in [2.24, 2.45) is 7.05 Å². The van der Waals surface area contributed by atoms with E-state index < -0.39 is 0 Å². The molecule has 0 radical (unpaired) electrons. The molecule has 0 spiro atoms. The van der Waals surface area contributed by atoms with Gasteiger partial charge in [-0.1, -0.05) is 54.7 Å². The molecule has 2 heterocycles. The maximum absolute atomic E-state index is 12.3. The lowest BCUT2D eigenvalue weighted by molar-refractivity contribution is 0.303. The lowest BCUT2D eigenvalue weighted by Crippen LogP contribution is -2.23. The van der Waals surface area contributed by atoms with E-state index in [0.29, 0.717) is 17.5 Å². The fourth-order valence-corrected chi connectivity index (χ4v) is 3.89. The molecule has 0 N–H and O–H groups in total. The largest absolute Gasteiger partial charge is 0.465 e. The predicted octanol–water partition coefficient (Wildman–Crippen LogP) is 3.54. The minimum absolute atomic E-state index is 0.295. The molecule has 0 aliphatic rings. The maximum Gasteiger partial charge on any atom is 0.368 e. The van der Waals surface area contributed by atoms with Gasteiger partial charge in [0.2, 0.25) is 0 Å². The van der Waals surface area contributed by atoms with Crippen molar-refractivity contribution >= 4 is 11.3 Å². The van der Waals surface area contributed by atoms with Crippen LogP contribution in [0, 0.1) is 6.92 Å². The van der Waals surface area contributed by atoms with Crippen LogP contribution in [0.1, 0.15) is 23.6 Å². The second-order valence-electron chi connectivity index (χ2n) is 6.67. The topological polar surface area (TPSA) is 74.8 Å². The van der Waals surface area contributed by atoms with Gasteiger partial charge < -0.3 is 4.74 Å². The summed E-state index contributed by atoms with van der Waals surface area (Å²) in [4.78, 5) is 17.0. The number of hydrogen-bond acceptors (Lipinski definition) is 6. The van der Waals surface area contributed by atoms with Gasteiger partial charge in [-0.15, -0.1) is 0 Å². The molecule has 4 rings (SSSR count). The second kappa shape index (κ2) is 8.00. The molecular formula is C21H21N5O2S. The number of ether oxygens (including phenoxy) is 1. The predicted molar refractivity (Wildman–Crippen MR) is 113 cm³/mol. The molecule has 2 aromatic carbocycles. The molecular weight excluding hydrogens is 386 g/mol. The third-order valence-electron chi connectivity index (χ3n) is 4.82. The van der Waals surface area contributed by atoms with Crippen LogP contribution in [0.3, 0.4) is 0 Å². The van der Waals surface area contributed by atoms with Crippen molar-refractivity contribution < 1.29 is 4.74 Å². The van der Waals surface area contributed by atoms with E-state index in [4.69, 9.17) is 4.74 Å². The number of thiazole rings is 1. The summed E-state index contributed by atoms with van der Waals surface area (Å²) in [5, 5.41) is 10.4. The monoisotopic (exact) mass is 407 g/mol. The Bertz CT molecular complexity index is 1210. The lowest BCUT2D eigenvalue weighted by Gasteiger charge is -2.13. The number of aromatic nitrogens is 5. The number of tetrazole rings is 1. The van der Waals surface area contributed by atoms with E-state index >= 15 is 0 Å². The van der Waals surface area contributed by atoms with Crippen LogP contribution in [0.4, 0.5) is 0 Å². The van der Waals surface area contributed by atoms with Crippen LogP contribution in [0.25, 0.3) is 16.9 Å². The van der Waals surface area contributed by atoms with Gasteiger partial charge in [-0.25, -0.2) is 9.78 Å². The van der Waals surface area contributed by atoms with Gasteiger partial charge in [0.1, 0.15) is 6.61 Å². The van der Waals surface area contributed by atoms with Gasteiger partial charge in [-0.3, -0.25) is 0 Å². The Morgan fingerprint density at radius 1 is 1.10 bits per heavy atom. The molecule has 0 bridgehead atoms. The Hall–Kier alpha value is -3.26. The average molecular weight is 407 g/mol. The van der Waals surface area contributed by atoms with Crippen LogP contribution in [0.5, 0.6) is 5.19 Å². The first-order chi connectivity index (χ1) is 14.1. The van der Waals surface area contributed by atoms with Gasteiger partial charge in [0.15, 0.2) is 0 Å². The number of nitrogens with zero attached hydrogens (tertiary/aromatic N) is 5. The van der Waals surface area contributed by atoms with E-state index in [1.807, 2.05) is 35.7 Å². The molecule has 29 heavy (non-hydrogen) atoms. The molecule has 0 saturated carbocycles. The van der Waals surface area contributed by atoms with Crippen LogP contribution in [0.2, 0.25) is 0 Å². The van der Waals surface area contributed by atoms with Crippen molar-refractivity contribution in [3.63, 3.8) is 0 Å². The van der Waals surface area contributed by atoms with Gasteiger partial charge in [-0.05, 0) is 41.0 Å². The molecule has 0 aliphatic heterocycles. The van der Waals surface area contributed by atoms with E-state index in [-0.39, 0.29) is 5.69 Å². The fourth-order valence-electron chi connectivity index (χ4n) is 3.22. The Balaban J connectivity index is 1.63. The SMILES string of the molecule is CCc1cccc(-n2nnn(C)c2=O)c1COc1nc(-c2ccccc2C)cs1. The van der Waals surface area contributed by atoms with E-state index in [9.17, 15) is 4.79 Å². The van der Waals surface area contributed by atoms with Crippen LogP contribution in [0.15, 0.2) is 52.6 Å². The minimum atomic E-state index is -0.296. The number of rotatable bonds is 6. The van der Waals surface area contributed by atoms with Crippen LogP contribution in [-0.2, 0) is 20.1 Å². The molecule has 8 heteroatoms. The summed E-state index contributed by atoms with van der Waals surface area (Å²) in [7, 11) is 1.58. The van der Waals surface area contributed by atoms with E-state index in [1.54, 1.807) is 7.05 Å². The normalized spacial score (nSPS) is 11.0. The van der Waals surface area contributed by atoms with Crippen molar-refractivity contribution in [1.82, 2.24) is 24.8 Å². The summed E-state index contributed by atoms with van der Waals surface area (Å²) in [5.41, 5.74) is 5.55. The molecule has 0 fully saturated rings. The van der Waals surface area contributed by atoms with Gasteiger partial charge in [-0.2, -0.15) is 9.36 Å². The van der Waals surface area contributed by atoms with Crippen molar-refractivity contribution in [2.45, 2.75) is 26.9 Å². The molecule has 0 aliphatic carbocycles. The molecule has 0 saturated heterocycles. The highest BCUT2D eigenvalue weighted by Crippen LogP contribution is 2.29. The average Bonchev–Trinajstić information content (AvgIpc) is 3.33. The first-order valence-electron chi connectivity index (χ1n) is 9.33. The first-order valence-corrected chi connectivity index (χ1v) is 10.2. The second-order valence-corrected chi connectivity index (χ2v) is 7.49. The highest BCUT2D eigenvalue weighted by molar-refractivity contribution is 7.11. The van der Waals surface area contributed by atoms with Crippen molar-refractivity contribution in [3.05, 3.63) is 75.0 Å². The van der Waals surface area contributed by atoms with Crippen molar-refractivity contribution in [3.8, 4) is 22.1 Å². The minimum Gasteiger partial charge on any atom is -0.465 e. The van der Waals surface area contributed by atoms with E-state index in [0.717, 1.165) is 28.8 Å². The Morgan fingerprint density at radius 2 is 1.93 bits per heavy atom. The standard InChI is InChI=1S/C21H21N5O2S/c1-4-15-9-7-11-19(26-21(27)25(3)23-24-26)17(15)12-28-20-22-18(13-29-20)16-10-6-5-8-14(16)2/h5-11,13H,4,12H2,1-3H3. The molecule has 4 aromatic rings. The van der Waals surface area contributed by atoms with E-state index in [1.165, 1.54) is 26.3 Å². The molecule has 0 amide bonds. The third-order valence-corrected chi connectivity index (χ3v) is 5.58. The zero-order valence-electron chi connectivity index (χ0n) is 16.5. The van der Waals surface area contributed by atoms with Crippen LogP contribution in [-0.4, -0.2) is 24.8 Å². The first kappa shape index (κ1) is 19.1. The molecule has 2 aromatic heterocycles. The summed E-state index contributed by atoms with van der Waals surface area (Å²) < 4.78 is 8.53. The Kier molecular flexibility index (Phi) is 5.26. The highest BCUT2D eigenvalue weighted by Gasteiger charge is 2.15.